The van der Waals surface area contributed by atoms with E-state index in [9.17, 15) is 0 Å². The molecule has 0 aromatic carbocycles. The third kappa shape index (κ3) is 4.74. The number of hydrogen-bond acceptors (Lipinski definition) is 4. The molecular weight excluding hydrogens is 230 g/mol. The van der Waals surface area contributed by atoms with Crippen LogP contribution in [0.5, 0.6) is 0 Å². The van der Waals surface area contributed by atoms with Crippen LogP contribution in [0.2, 0.25) is 0 Å². The molecule has 2 heterocycles. The number of nitrogens with zero attached hydrogens (tertiary/aromatic N) is 1. The van der Waals surface area contributed by atoms with E-state index >= 15 is 0 Å². The lowest BCUT2D eigenvalue weighted by atomic mass is 9.99. The largest absolute Gasteiger partial charge is 0.314 e. The fourth-order valence-corrected chi connectivity index (χ4v) is 3.06. The third-order valence-electron chi connectivity index (χ3n) is 3.37. The summed E-state index contributed by atoms with van der Waals surface area (Å²) < 4.78 is 0. The molecule has 3 nitrogen and oxygen atoms in total. The van der Waals surface area contributed by atoms with Crippen LogP contribution in [0.3, 0.4) is 0 Å². The molecule has 1 aromatic heterocycles. The molecule has 1 aliphatic heterocycles. The molecule has 0 bridgehead atoms. The molecule has 2 rings (SSSR count). The fourth-order valence-electron chi connectivity index (χ4n) is 2.44. The monoisotopic (exact) mass is 253 g/mol. The lowest BCUT2D eigenvalue weighted by Crippen LogP contribution is -2.40. The molecular formula is C13H23N3S. The first-order valence-corrected chi connectivity index (χ1v) is 7.57. The van der Waals surface area contributed by atoms with E-state index in [1.54, 1.807) is 11.3 Å². The van der Waals surface area contributed by atoms with Crippen molar-refractivity contribution >= 4 is 11.3 Å². The fraction of sp³-hybridized carbons (Fsp3) is 0.769. The van der Waals surface area contributed by atoms with Crippen LogP contribution in [0, 0.1) is 0 Å². The molecule has 2 N–H and O–H groups in total. The van der Waals surface area contributed by atoms with Gasteiger partial charge in [-0.1, -0.05) is 6.42 Å². The summed E-state index contributed by atoms with van der Waals surface area (Å²) in [5.74, 6) is 0. The van der Waals surface area contributed by atoms with Crippen molar-refractivity contribution in [3.63, 3.8) is 0 Å². The van der Waals surface area contributed by atoms with E-state index in [2.05, 4.69) is 22.5 Å². The standard InChI is InChI=1S/C13H23N3S/c1-11(10-12-4-2-3-6-15-12)14-7-5-13-16-8-9-17-13/h8-9,11-12,14-15H,2-7,10H2,1H3. The second-order valence-corrected chi connectivity index (χ2v) is 5.89. The molecule has 17 heavy (non-hydrogen) atoms. The zero-order valence-electron chi connectivity index (χ0n) is 10.6. The van der Waals surface area contributed by atoms with Gasteiger partial charge in [0.1, 0.15) is 0 Å². The van der Waals surface area contributed by atoms with E-state index in [-0.39, 0.29) is 0 Å². The summed E-state index contributed by atoms with van der Waals surface area (Å²) in [4.78, 5) is 4.29. The number of thiazole rings is 1. The SMILES string of the molecule is CC(CC1CCCCN1)NCCc1nccs1. The van der Waals surface area contributed by atoms with Gasteiger partial charge in [-0.25, -0.2) is 4.98 Å². The molecule has 2 atom stereocenters. The van der Waals surface area contributed by atoms with Crippen molar-refractivity contribution < 1.29 is 0 Å². The quantitative estimate of drug-likeness (QED) is 0.816. The maximum atomic E-state index is 4.29. The van der Waals surface area contributed by atoms with E-state index in [4.69, 9.17) is 0 Å². The van der Waals surface area contributed by atoms with Crippen molar-refractivity contribution in [3.8, 4) is 0 Å². The van der Waals surface area contributed by atoms with Gasteiger partial charge in [0.15, 0.2) is 0 Å². The predicted molar refractivity (Wildman–Crippen MR) is 73.5 cm³/mol. The van der Waals surface area contributed by atoms with Crippen molar-refractivity contribution in [2.75, 3.05) is 13.1 Å². The Bertz CT molecular complexity index is 294. The van der Waals surface area contributed by atoms with Crippen LogP contribution in [-0.2, 0) is 6.42 Å². The minimum absolute atomic E-state index is 0.602. The zero-order valence-corrected chi connectivity index (χ0v) is 11.4. The zero-order chi connectivity index (χ0) is 11.9. The number of hydrogen-bond donors (Lipinski definition) is 2. The highest BCUT2D eigenvalue weighted by Gasteiger charge is 2.15. The maximum absolute atomic E-state index is 4.29. The van der Waals surface area contributed by atoms with Gasteiger partial charge >= 0.3 is 0 Å². The van der Waals surface area contributed by atoms with Gasteiger partial charge in [-0.15, -0.1) is 11.3 Å². The lowest BCUT2D eigenvalue weighted by Gasteiger charge is -2.26. The summed E-state index contributed by atoms with van der Waals surface area (Å²) in [5, 5.41) is 10.5. The molecule has 96 valence electrons. The predicted octanol–water partition coefficient (Wildman–Crippen LogP) is 2.20. The normalized spacial score (nSPS) is 22.5. The highest BCUT2D eigenvalue weighted by molar-refractivity contribution is 7.09. The van der Waals surface area contributed by atoms with Gasteiger partial charge < -0.3 is 10.6 Å². The molecule has 0 aliphatic carbocycles. The topological polar surface area (TPSA) is 37.0 Å². The lowest BCUT2D eigenvalue weighted by molar-refractivity contribution is 0.346. The van der Waals surface area contributed by atoms with E-state index in [0.29, 0.717) is 6.04 Å². The van der Waals surface area contributed by atoms with Crippen LogP contribution in [0.1, 0.15) is 37.6 Å². The molecule has 4 heteroatoms. The van der Waals surface area contributed by atoms with Crippen LogP contribution >= 0.6 is 11.3 Å². The van der Waals surface area contributed by atoms with Crippen LogP contribution < -0.4 is 10.6 Å². The Morgan fingerprint density at radius 1 is 1.59 bits per heavy atom. The first-order chi connectivity index (χ1) is 8.34. The minimum Gasteiger partial charge on any atom is -0.314 e. The molecule has 1 fully saturated rings. The average Bonchev–Trinajstić information content (AvgIpc) is 2.83. The molecule has 2 unspecified atom stereocenters. The van der Waals surface area contributed by atoms with E-state index in [1.807, 2.05) is 11.6 Å². The first-order valence-electron chi connectivity index (χ1n) is 6.70. The Morgan fingerprint density at radius 3 is 3.24 bits per heavy atom. The molecule has 1 aromatic rings. The summed E-state index contributed by atoms with van der Waals surface area (Å²) in [6, 6.07) is 1.33. The highest BCUT2D eigenvalue weighted by Crippen LogP contribution is 2.12. The Hall–Kier alpha value is -0.450. The van der Waals surface area contributed by atoms with Crippen molar-refractivity contribution in [2.24, 2.45) is 0 Å². The summed E-state index contributed by atoms with van der Waals surface area (Å²) in [6.45, 7) is 4.54. The van der Waals surface area contributed by atoms with Gasteiger partial charge in [0.05, 0.1) is 5.01 Å². The Morgan fingerprint density at radius 2 is 2.53 bits per heavy atom. The van der Waals surface area contributed by atoms with Gasteiger partial charge in [0, 0.05) is 36.6 Å². The maximum Gasteiger partial charge on any atom is 0.0937 e. The third-order valence-corrected chi connectivity index (χ3v) is 4.20. The van der Waals surface area contributed by atoms with Gasteiger partial charge in [-0.3, -0.25) is 0 Å². The van der Waals surface area contributed by atoms with Crippen molar-refractivity contribution in [1.82, 2.24) is 15.6 Å². The van der Waals surface area contributed by atoms with Crippen LogP contribution in [-0.4, -0.2) is 30.2 Å². The van der Waals surface area contributed by atoms with Crippen molar-refractivity contribution in [3.05, 3.63) is 16.6 Å². The number of rotatable bonds is 6. The molecule has 1 saturated heterocycles. The van der Waals surface area contributed by atoms with Gasteiger partial charge in [0.2, 0.25) is 0 Å². The summed E-state index contributed by atoms with van der Waals surface area (Å²) >= 11 is 1.75. The van der Waals surface area contributed by atoms with Gasteiger partial charge in [0.25, 0.3) is 0 Å². The second kappa shape index (κ2) is 7.09. The molecule has 0 saturated carbocycles. The average molecular weight is 253 g/mol. The van der Waals surface area contributed by atoms with E-state index in [0.717, 1.165) is 19.0 Å². The highest BCUT2D eigenvalue weighted by atomic mass is 32.1. The Labute approximate surface area is 108 Å². The summed E-state index contributed by atoms with van der Waals surface area (Å²) in [5.41, 5.74) is 0. The molecule has 0 spiro atoms. The van der Waals surface area contributed by atoms with Crippen LogP contribution in [0.25, 0.3) is 0 Å². The molecule has 1 aliphatic rings. The number of piperidine rings is 1. The van der Waals surface area contributed by atoms with Crippen LogP contribution in [0.15, 0.2) is 11.6 Å². The van der Waals surface area contributed by atoms with Crippen molar-refractivity contribution in [1.29, 1.82) is 0 Å². The molecule has 0 amide bonds. The van der Waals surface area contributed by atoms with Gasteiger partial charge in [-0.2, -0.15) is 0 Å². The van der Waals surface area contributed by atoms with Crippen molar-refractivity contribution in [2.45, 2.75) is 51.1 Å². The van der Waals surface area contributed by atoms with E-state index in [1.165, 1.54) is 37.2 Å². The number of nitrogens with one attached hydrogen (secondary N) is 2. The smallest absolute Gasteiger partial charge is 0.0937 e. The summed E-state index contributed by atoms with van der Waals surface area (Å²) in [6.07, 6.45) is 8.28. The first kappa shape index (κ1) is 13.0. The Kier molecular flexibility index (Phi) is 5.42. The Balaban J connectivity index is 1.58. The second-order valence-electron chi connectivity index (χ2n) is 4.91. The molecule has 0 radical (unpaired) electrons. The minimum atomic E-state index is 0.602. The van der Waals surface area contributed by atoms with E-state index < -0.39 is 0 Å². The summed E-state index contributed by atoms with van der Waals surface area (Å²) in [7, 11) is 0. The van der Waals surface area contributed by atoms with Crippen LogP contribution in [0.4, 0.5) is 0 Å². The van der Waals surface area contributed by atoms with Gasteiger partial charge in [-0.05, 0) is 32.7 Å². The number of aromatic nitrogens is 1.